The number of ketones is 1. The third-order valence-electron chi connectivity index (χ3n) is 4.49. The zero-order valence-corrected chi connectivity index (χ0v) is 15.7. The number of benzene rings is 3. The van der Waals surface area contributed by atoms with Crippen LogP contribution >= 0.6 is 11.6 Å². The number of fused-ring (bicyclic) bond motifs is 1. The number of hydrogen-bond donors (Lipinski definition) is 1. The molecule has 1 N–H and O–H groups in total. The van der Waals surface area contributed by atoms with Crippen LogP contribution in [0, 0.1) is 13.8 Å². The van der Waals surface area contributed by atoms with Crippen LogP contribution in [0.15, 0.2) is 65.1 Å². The van der Waals surface area contributed by atoms with Gasteiger partial charge in [-0.3, -0.25) is 4.79 Å². The molecule has 4 rings (SSSR count). The second-order valence-corrected chi connectivity index (χ2v) is 7.14. The molecule has 3 aromatic carbocycles. The number of aromatic hydroxyl groups is 1. The fourth-order valence-electron chi connectivity index (χ4n) is 3.36. The largest absolute Gasteiger partial charge is 0.508 e. The lowest BCUT2D eigenvalue weighted by atomic mass is 9.95. The number of carbonyl (C=O) groups is 1. The highest BCUT2D eigenvalue weighted by molar-refractivity contribution is 6.32. The molecule has 0 bridgehead atoms. The van der Waals surface area contributed by atoms with Gasteiger partial charge in [0.05, 0.1) is 5.56 Å². The summed E-state index contributed by atoms with van der Waals surface area (Å²) in [7, 11) is 0. The molecule has 27 heavy (non-hydrogen) atoms. The average Bonchev–Trinajstić information content (AvgIpc) is 2.99. The smallest absolute Gasteiger partial charge is 0.197 e. The second kappa shape index (κ2) is 6.60. The van der Waals surface area contributed by atoms with Crippen LogP contribution in [0.1, 0.15) is 27.0 Å². The third kappa shape index (κ3) is 3.22. The SMILES string of the molecule is Cc1cc(C)cc(C(=O)c2c(-c3ccc(O)cc3)oc3ccc(Cl)cc23)c1. The lowest BCUT2D eigenvalue weighted by molar-refractivity contribution is 0.104. The third-order valence-corrected chi connectivity index (χ3v) is 4.73. The first-order valence-electron chi connectivity index (χ1n) is 8.57. The summed E-state index contributed by atoms with van der Waals surface area (Å²) in [4.78, 5) is 13.4. The van der Waals surface area contributed by atoms with E-state index in [4.69, 9.17) is 16.0 Å². The van der Waals surface area contributed by atoms with Crippen LogP contribution < -0.4 is 0 Å². The zero-order chi connectivity index (χ0) is 19.1. The van der Waals surface area contributed by atoms with Crippen molar-refractivity contribution >= 4 is 28.4 Å². The van der Waals surface area contributed by atoms with Crippen molar-refractivity contribution in [1.29, 1.82) is 0 Å². The maximum absolute atomic E-state index is 13.4. The van der Waals surface area contributed by atoms with E-state index in [-0.39, 0.29) is 11.5 Å². The molecule has 1 heterocycles. The first kappa shape index (κ1) is 17.4. The van der Waals surface area contributed by atoms with E-state index in [9.17, 15) is 9.90 Å². The molecule has 4 heteroatoms. The standard InChI is InChI=1S/C23H17ClO3/c1-13-9-14(2)11-16(10-13)22(26)21-19-12-17(24)5-8-20(19)27-23(21)15-3-6-18(25)7-4-15/h3-12,25H,1-2H3. The van der Waals surface area contributed by atoms with E-state index in [0.29, 0.717) is 38.4 Å². The highest BCUT2D eigenvalue weighted by Gasteiger charge is 2.24. The predicted octanol–water partition coefficient (Wildman–Crippen LogP) is 6.31. The van der Waals surface area contributed by atoms with Crippen molar-refractivity contribution in [2.75, 3.05) is 0 Å². The first-order valence-corrected chi connectivity index (χ1v) is 8.94. The maximum Gasteiger partial charge on any atom is 0.197 e. The number of carbonyl (C=O) groups excluding carboxylic acids is 1. The number of rotatable bonds is 3. The van der Waals surface area contributed by atoms with Gasteiger partial charge in [-0.15, -0.1) is 0 Å². The van der Waals surface area contributed by atoms with Gasteiger partial charge < -0.3 is 9.52 Å². The van der Waals surface area contributed by atoms with Crippen LogP contribution in [-0.2, 0) is 0 Å². The molecule has 0 aliphatic carbocycles. The Labute approximate surface area is 161 Å². The van der Waals surface area contributed by atoms with E-state index in [0.717, 1.165) is 11.1 Å². The first-order chi connectivity index (χ1) is 12.9. The van der Waals surface area contributed by atoms with Gasteiger partial charge in [-0.2, -0.15) is 0 Å². The van der Waals surface area contributed by atoms with Gasteiger partial charge in [0.25, 0.3) is 0 Å². The average molecular weight is 377 g/mol. The molecular formula is C23H17ClO3. The molecule has 0 atom stereocenters. The van der Waals surface area contributed by atoms with E-state index >= 15 is 0 Å². The van der Waals surface area contributed by atoms with Gasteiger partial charge >= 0.3 is 0 Å². The summed E-state index contributed by atoms with van der Waals surface area (Å²) >= 11 is 6.18. The number of halogens is 1. The van der Waals surface area contributed by atoms with Crippen molar-refractivity contribution in [2.24, 2.45) is 0 Å². The number of furan rings is 1. The van der Waals surface area contributed by atoms with Crippen LogP contribution in [-0.4, -0.2) is 10.9 Å². The lowest BCUT2D eigenvalue weighted by Crippen LogP contribution is -2.03. The fourth-order valence-corrected chi connectivity index (χ4v) is 3.53. The van der Waals surface area contributed by atoms with Gasteiger partial charge in [0.15, 0.2) is 5.78 Å². The second-order valence-electron chi connectivity index (χ2n) is 6.70. The molecule has 0 spiro atoms. The van der Waals surface area contributed by atoms with E-state index in [2.05, 4.69) is 0 Å². The molecule has 0 fully saturated rings. The Morgan fingerprint density at radius 2 is 1.59 bits per heavy atom. The number of phenolic OH excluding ortho intramolecular Hbond substituents is 1. The van der Waals surface area contributed by atoms with E-state index in [1.807, 2.05) is 32.0 Å². The van der Waals surface area contributed by atoms with Gasteiger partial charge in [-0.1, -0.05) is 28.8 Å². The topological polar surface area (TPSA) is 50.4 Å². The molecule has 3 nitrogen and oxygen atoms in total. The normalized spacial score (nSPS) is 11.1. The monoisotopic (exact) mass is 376 g/mol. The van der Waals surface area contributed by atoms with Crippen LogP contribution in [0.25, 0.3) is 22.3 Å². The highest BCUT2D eigenvalue weighted by Crippen LogP contribution is 2.37. The Hall–Kier alpha value is -3.04. The summed E-state index contributed by atoms with van der Waals surface area (Å²) in [5.41, 5.74) is 4.44. The molecule has 0 aliphatic rings. The van der Waals surface area contributed by atoms with Crippen molar-refractivity contribution < 1.29 is 14.3 Å². The van der Waals surface area contributed by atoms with Gasteiger partial charge in [-0.05, 0) is 68.4 Å². The summed E-state index contributed by atoms with van der Waals surface area (Å²) in [6.07, 6.45) is 0. The Morgan fingerprint density at radius 3 is 2.26 bits per heavy atom. The molecule has 0 saturated carbocycles. The van der Waals surface area contributed by atoms with E-state index in [1.165, 1.54) is 0 Å². The minimum Gasteiger partial charge on any atom is -0.508 e. The molecule has 0 aliphatic heterocycles. The summed E-state index contributed by atoms with van der Waals surface area (Å²) in [5, 5.41) is 10.8. The summed E-state index contributed by atoms with van der Waals surface area (Å²) < 4.78 is 6.02. The van der Waals surface area contributed by atoms with Crippen LogP contribution in [0.4, 0.5) is 0 Å². The Kier molecular flexibility index (Phi) is 4.25. The molecule has 0 amide bonds. The predicted molar refractivity (Wildman–Crippen MR) is 108 cm³/mol. The number of aryl methyl sites for hydroxylation is 2. The van der Waals surface area contributed by atoms with Crippen LogP contribution in [0.2, 0.25) is 5.02 Å². The van der Waals surface area contributed by atoms with Crippen molar-refractivity contribution in [1.82, 2.24) is 0 Å². The maximum atomic E-state index is 13.4. The molecule has 4 aromatic rings. The van der Waals surface area contributed by atoms with Crippen molar-refractivity contribution in [3.05, 3.63) is 87.9 Å². The minimum atomic E-state index is -0.120. The molecular weight excluding hydrogens is 360 g/mol. The van der Waals surface area contributed by atoms with Crippen LogP contribution in [0.5, 0.6) is 5.75 Å². The molecule has 0 unspecified atom stereocenters. The van der Waals surface area contributed by atoms with E-state index in [1.54, 1.807) is 42.5 Å². The van der Waals surface area contributed by atoms with Crippen molar-refractivity contribution in [3.63, 3.8) is 0 Å². The fraction of sp³-hybridized carbons (Fsp3) is 0.0870. The van der Waals surface area contributed by atoms with Gasteiger partial charge in [0.1, 0.15) is 17.1 Å². The van der Waals surface area contributed by atoms with E-state index < -0.39 is 0 Å². The summed E-state index contributed by atoms with van der Waals surface area (Å²) in [6.45, 7) is 3.93. The van der Waals surface area contributed by atoms with Gasteiger partial charge in [0.2, 0.25) is 0 Å². The lowest BCUT2D eigenvalue weighted by Gasteiger charge is -2.06. The van der Waals surface area contributed by atoms with Gasteiger partial charge in [0, 0.05) is 21.5 Å². The molecule has 1 aromatic heterocycles. The van der Waals surface area contributed by atoms with Gasteiger partial charge in [-0.25, -0.2) is 0 Å². The quantitative estimate of drug-likeness (QED) is 0.426. The Balaban J connectivity index is 1.99. The molecule has 134 valence electrons. The minimum absolute atomic E-state index is 0.120. The Bertz CT molecular complexity index is 1150. The molecule has 0 saturated heterocycles. The number of hydrogen-bond acceptors (Lipinski definition) is 3. The molecule has 0 radical (unpaired) electrons. The Morgan fingerprint density at radius 1 is 0.926 bits per heavy atom. The summed E-state index contributed by atoms with van der Waals surface area (Å²) in [5.74, 6) is 0.502. The highest BCUT2D eigenvalue weighted by atomic mass is 35.5. The van der Waals surface area contributed by atoms with Crippen molar-refractivity contribution in [2.45, 2.75) is 13.8 Å². The summed E-state index contributed by atoms with van der Waals surface area (Å²) in [6, 6.07) is 17.6. The zero-order valence-electron chi connectivity index (χ0n) is 14.9. The number of phenols is 1. The van der Waals surface area contributed by atoms with Crippen molar-refractivity contribution in [3.8, 4) is 17.1 Å². The van der Waals surface area contributed by atoms with Crippen LogP contribution in [0.3, 0.4) is 0 Å².